The van der Waals surface area contributed by atoms with Gasteiger partial charge in [-0.15, -0.1) is 0 Å². The van der Waals surface area contributed by atoms with Crippen LogP contribution in [-0.4, -0.2) is 28.0 Å². The second-order valence-electron chi connectivity index (χ2n) is 9.37. The van der Waals surface area contributed by atoms with Gasteiger partial charge in [-0.1, -0.05) is 42.8 Å². The molecule has 0 spiro atoms. The lowest BCUT2D eigenvalue weighted by Gasteiger charge is -2.26. The Morgan fingerprint density at radius 3 is 2.60 bits per heavy atom. The summed E-state index contributed by atoms with van der Waals surface area (Å²) in [5.41, 5.74) is 8.83. The fourth-order valence-corrected chi connectivity index (χ4v) is 4.89. The number of hydrogen-bond donors (Lipinski definition) is 2. The van der Waals surface area contributed by atoms with Crippen LogP contribution >= 0.6 is 0 Å². The fourth-order valence-electron chi connectivity index (χ4n) is 4.89. The number of piperidine rings is 1. The van der Waals surface area contributed by atoms with Crippen molar-refractivity contribution in [2.24, 2.45) is 0 Å². The van der Waals surface area contributed by atoms with Crippen LogP contribution in [0.5, 0.6) is 0 Å². The van der Waals surface area contributed by atoms with Crippen LogP contribution in [0, 0.1) is 25.2 Å². The Hall–Kier alpha value is -3.88. The van der Waals surface area contributed by atoms with E-state index in [0.717, 1.165) is 45.8 Å². The van der Waals surface area contributed by atoms with Crippen molar-refractivity contribution < 1.29 is 0 Å². The average molecular weight is 462 g/mol. The highest BCUT2D eigenvalue weighted by atomic mass is 15.1. The van der Waals surface area contributed by atoms with Crippen molar-refractivity contribution in [1.29, 1.82) is 5.26 Å². The van der Waals surface area contributed by atoms with Crippen LogP contribution in [0.2, 0.25) is 0 Å². The Kier molecular flexibility index (Phi) is 6.65. The summed E-state index contributed by atoms with van der Waals surface area (Å²) in [6, 6.07) is 17.3. The van der Waals surface area contributed by atoms with E-state index in [9.17, 15) is 5.26 Å². The van der Waals surface area contributed by atoms with Crippen molar-refractivity contribution in [2.75, 3.05) is 18.4 Å². The van der Waals surface area contributed by atoms with Gasteiger partial charge in [0.25, 0.3) is 0 Å². The van der Waals surface area contributed by atoms with Gasteiger partial charge in [0.2, 0.25) is 0 Å². The zero-order valence-electron chi connectivity index (χ0n) is 20.4. The molecule has 0 aliphatic carbocycles. The summed E-state index contributed by atoms with van der Waals surface area (Å²) in [7, 11) is 0. The number of hydrogen-bond acceptors (Lipinski definition) is 4. The van der Waals surface area contributed by atoms with Crippen molar-refractivity contribution in [3.8, 4) is 6.07 Å². The predicted octanol–water partition coefficient (Wildman–Crippen LogP) is 6.95. The van der Waals surface area contributed by atoms with E-state index in [4.69, 9.17) is 0 Å². The average Bonchev–Trinajstić information content (AvgIpc) is 3.37. The molecule has 5 heteroatoms. The maximum Gasteiger partial charge on any atom is 0.103 e. The summed E-state index contributed by atoms with van der Waals surface area (Å²) in [4.78, 5) is 10.3. The number of rotatable bonds is 6. The lowest BCUT2D eigenvalue weighted by molar-refractivity contribution is 0.221. The molecule has 0 unspecified atom stereocenters. The van der Waals surface area contributed by atoms with Gasteiger partial charge in [-0.25, -0.2) is 0 Å². The molecule has 2 aromatic carbocycles. The van der Waals surface area contributed by atoms with Gasteiger partial charge >= 0.3 is 0 Å². The van der Waals surface area contributed by atoms with Crippen molar-refractivity contribution in [2.45, 2.75) is 39.7 Å². The highest BCUT2D eigenvalue weighted by Crippen LogP contribution is 2.32. The lowest BCUT2D eigenvalue weighted by Crippen LogP contribution is -2.28. The summed E-state index contributed by atoms with van der Waals surface area (Å²) < 4.78 is 0. The minimum Gasteiger partial charge on any atom is -0.361 e. The molecule has 0 saturated carbocycles. The molecule has 176 valence electrons. The minimum absolute atomic E-state index is 0.528. The number of H-pyrrole nitrogens is 1. The Labute approximate surface area is 207 Å². The first-order chi connectivity index (χ1) is 17.1. The Balaban J connectivity index is 1.41. The SMILES string of the molecule is Cc1ncc(C#N)c(Nc2ccc3[nH]ccc3c2C)c1/C=C/c1ccc(CN2CCCCC2)cc1. The van der Waals surface area contributed by atoms with Crippen LogP contribution in [0.1, 0.15) is 52.8 Å². The van der Waals surface area contributed by atoms with Crippen LogP contribution in [0.25, 0.3) is 23.1 Å². The maximum atomic E-state index is 9.81. The number of likely N-dealkylation sites (tertiary alicyclic amines) is 1. The number of nitrogens with zero attached hydrogens (tertiary/aromatic N) is 3. The third-order valence-corrected chi connectivity index (χ3v) is 6.98. The first-order valence-electron chi connectivity index (χ1n) is 12.3. The van der Waals surface area contributed by atoms with Crippen molar-refractivity contribution in [3.05, 3.63) is 88.4 Å². The summed E-state index contributed by atoms with van der Waals surface area (Å²) in [6.45, 7) is 7.51. The smallest absolute Gasteiger partial charge is 0.103 e. The second-order valence-corrected chi connectivity index (χ2v) is 9.37. The van der Waals surface area contributed by atoms with Gasteiger partial charge in [-0.05, 0) is 74.7 Å². The number of nitrogens with one attached hydrogen (secondary N) is 2. The van der Waals surface area contributed by atoms with Gasteiger partial charge in [-0.2, -0.15) is 5.26 Å². The van der Waals surface area contributed by atoms with Gasteiger partial charge in [0.1, 0.15) is 6.07 Å². The minimum atomic E-state index is 0.528. The summed E-state index contributed by atoms with van der Waals surface area (Å²) in [6.07, 6.45) is 11.7. The van der Waals surface area contributed by atoms with E-state index in [2.05, 4.69) is 87.8 Å². The van der Waals surface area contributed by atoms with Crippen molar-refractivity contribution in [1.82, 2.24) is 14.9 Å². The molecule has 0 bridgehead atoms. The molecule has 1 aliphatic heterocycles. The molecule has 1 aliphatic rings. The van der Waals surface area contributed by atoms with E-state index in [-0.39, 0.29) is 0 Å². The van der Waals surface area contributed by atoms with Gasteiger partial charge < -0.3 is 10.3 Å². The van der Waals surface area contributed by atoms with Crippen molar-refractivity contribution >= 4 is 34.4 Å². The summed E-state index contributed by atoms with van der Waals surface area (Å²) in [5, 5.41) is 14.5. The molecule has 5 rings (SSSR count). The molecule has 0 amide bonds. The molecule has 0 radical (unpaired) electrons. The monoisotopic (exact) mass is 461 g/mol. The van der Waals surface area contributed by atoms with E-state index < -0.39 is 0 Å². The highest BCUT2D eigenvalue weighted by molar-refractivity contribution is 5.90. The standard InChI is InChI=1S/C30H31N5/c1-21-26-14-15-32-29(26)13-12-28(21)34-30-25(18-31)19-33-22(2)27(30)11-10-23-6-8-24(9-7-23)20-35-16-4-3-5-17-35/h6-15,19,32H,3-5,16-17,20H2,1-2H3,(H,33,34)/b11-10+. The van der Waals surface area contributed by atoms with Crippen LogP contribution in [-0.2, 0) is 6.54 Å². The molecule has 0 atom stereocenters. The fraction of sp³-hybridized carbons (Fsp3) is 0.267. The number of anilines is 2. The van der Waals surface area contributed by atoms with E-state index >= 15 is 0 Å². The number of benzene rings is 2. The number of aromatic amines is 1. The molecule has 4 aromatic rings. The topological polar surface area (TPSA) is 67.7 Å². The molecular weight excluding hydrogens is 430 g/mol. The van der Waals surface area contributed by atoms with E-state index in [0.29, 0.717) is 5.56 Å². The van der Waals surface area contributed by atoms with E-state index in [1.54, 1.807) is 6.20 Å². The molecule has 2 aromatic heterocycles. The summed E-state index contributed by atoms with van der Waals surface area (Å²) in [5.74, 6) is 0. The van der Waals surface area contributed by atoms with E-state index in [1.807, 2.05) is 13.1 Å². The predicted molar refractivity (Wildman–Crippen MR) is 145 cm³/mol. The van der Waals surface area contributed by atoms with Gasteiger partial charge in [0, 0.05) is 46.8 Å². The van der Waals surface area contributed by atoms with Crippen LogP contribution in [0.15, 0.2) is 54.9 Å². The van der Waals surface area contributed by atoms with Gasteiger partial charge in [0.05, 0.1) is 11.3 Å². The Bertz CT molecular complexity index is 1400. The first kappa shape index (κ1) is 22.9. The Morgan fingerprint density at radius 1 is 1.03 bits per heavy atom. The first-order valence-corrected chi connectivity index (χ1v) is 12.3. The van der Waals surface area contributed by atoms with Crippen LogP contribution < -0.4 is 5.32 Å². The molecule has 2 N–H and O–H groups in total. The quantitative estimate of drug-likeness (QED) is 0.326. The van der Waals surface area contributed by atoms with E-state index in [1.165, 1.54) is 43.3 Å². The maximum absolute atomic E-state index is 9.81. The number of aryl methyl sites for hydroxylation is 2. The van der Waals surface area contributed by atoms with Gasteiger partial charge in [-0.3, -0.25) is 9.88 Å². The second kappa shape index (κ2) is 10.2. The third kappa shape index (κ3) is 4.99. The zero-order chi connectivity index (χ0) is 24.2. The van der Waals surface area contributed by atoms with Gasteiger partial charge in [0.15, 0.2) is 0 Å². The molecule has 5 nitrogen and oxygen atoms in total. The van der Waals surface area contributed by atoms with Crippen LogP contribution in [0.3, 0.4) is 0 Å². The number of pyridine rings is 1. The molecule has 1 saturated heterocycles. The van der Waals surface area contributed by atoms with Crippen molar-refractivity contribution in [3.63, 3.8) is 0 Å². The number of aromatic nitrogens is 2. The highest BCUT2D eigenvalue weighted by Gasteiger charge is 2.14. The molecule has 3 heterocycles. The normalized spacial score (nSPS) is 14.4. The number of fused-ring (bicyclic) bond motifs is 1. The third-order valence-electron chi connectivity index (χ3n) is 6.98. The Morgan fingerprint density at radius 2 is 1.83 bits per heavy atom. The largest absolute Gasteiger partial charge is 0.361 e. The summed E-state index contributed by atoms with van der Waals surface area (Å²) >= 11 is 0. The van der Waals surface area contributed by atoms with Crippen LogP contribution in [0.4, 0.5) is 11.4 Å². The molecular formula is C30H31N5. The lowest BCUT2D eigenvalue weighted by atomic mass is 10.0. The zero-order valence-corrected chi connectivity index (χ0v) is 20.4. The number of nitriles is 1. The molecule has 35 heavy (non-hydrogen) atoms. The molecule has 1 fully saturated rings.